The fraction of sp³-hybridized carbons (Fsp3) is 0.571. The van der Waals surface area contributed by atoms with E-state index in [1.54, 1.807) is 13.1 Å². The van der Waals surface area contributed by atoms with Crippen LogP contribution in [0.5, 0.6) is 0 Å². The Morgan fingerprint density at radius 3 is 2.45 bits per heavy atom. The van der Waals surface area contributed by atoms with Crippen molar-refractivity contribution in [1.82, 2.24) is 4.90 Å². The molecule has 29 heavy (non-hydrogen) atoms. The smallest absolute Gasteiger partial charge is 0.282 e. The van der Waals surface area contributed by atoms with E-state index in [1.165, 1.54) is 11.0 Å². The highest BCUT2D eigenvalue weighted by atomic mass is 16.6. The van der Waals surface area contributed by atoms with E-state index in [9.17, 15) is 14.9 Å². The lowest BCUT2D eigenvalue weighted by Gasteiger charge is -2.23. The second-order valence-corrected chi connectivity index (χ2v) is 7.21. The molecule has 2 heterocycles. The van der Waals surface area contributed by atoms with E-state index in [1.807, 2.05) is 6.92 Å². The lowest BCUT2D eigenvalue weighted by Crippen LogP contribution is -2.18. The number of carbonyl (C=O) groups is 1. The number of nitrogens with zero attached hydrogens (tertiary/aromatic N) is 2. The average Bonchev–Trinajstić information content (AvgIpc) is 3.04. The molecule has 0 aromatic heterocycles. The van der Waals surface area contributed by atoms with E-state index in [4.69, 9.17) is 14.2 Å². The minimum absolute atomic E-state index is 0.0956. The van der Waals surface area contributed by atoms with Crippen LogP contribution in [0.4, 0.5) is 5.69 Å². The number of fused-ring (bicyclic) bond motifs is 1. The van der Waals surface area contributed by atoms with Gasteiger partial charge in [-0.1, -0.05) is 6.08 Å². The lowest BCUT2D eigenvalue weighted by atomic mass is 9.88. The Morgan fingerprint density at radius 2 is 1.93 bits per heavy atom. The number of benzene rings is 1. The highest BCUT2D eigenvalue weighted by molar-refractivity contribution is 6.03. The third kappa shape index (κ3) is 5.01. The van der Waals surface area contributed by atoms with Gasteiger partial charge in [0.2, 0.25) is 0 Å². The Bertz CT molecular complexity index is 776. The van der Waals surface area contributed by atoms with Crippen LogP contribution in [0, 0.1) is 10.1 Å². The van der Waals surface area contributed by atoms with Crippen molar-refractivity contribution >= 4 is 17.2 Å². The quantitative estimate of drug-likeness (QED) is 0.565. The lowest BCUT2D eigenvalue weighted by molar-refractivity contribution is -0.385. The minimum Gasteiger partial charge on any atom is -0.378 e. The molecule has 8 nitrogen and oxygen atoms in total. The molecule has 0 saturated carbocycles. The van der Waals surface area contributed by atoms with E-state index in [2.05, 4.69) is 6.08 Å². The normalized spacial score (nSPS) is 21.2. The Balaban J connectivity index is 0.000000343. The number of hydrogen-bond acceptors (Lipinski definition) is 6. The zero-order valence-corrected chi connectivity index (χ0v) is 17.0. The molecule has 1 fully saturated rings. The highest BCUT2D eigenvalue weighted by Gasteiger charge is 2.35. The molecule has 1 aromatic rings. The predicted octanol–water partition coefficient (Wildman–Crippen LogP) is 3.19. The van der Waals surface area contributed by atoms with Gasteiger partial charge in [-0.25, -0.2) is 0 Å². The summed E-state index contributed by atoms with van der Waals surface area (Å²) in [6.07, 6.45) is 5.05. The Morgan fingerprint density at radius 1 is 1.24 bits per heavy atom. The van der Waals surface area contributed by atoms with Gasteiger partial charge in [0.05, 0.1) is 37.5 Å². The van der Waals surface area contributed by atoms with Gasteiger partial charge in [-0.3, -0.25) is 14.9 Å². The summed E-state index contributed by atoms with van der Waals surface area (Å²) in [7, 11) is 1.68. The number of hydrogen-bond donors (Lipinski definition) is 0. The van der Waals surface area contributed by atoms with Crippen molar-refractivity contribution in [2.45, 2.75) is 38.8 Å². The molecule has 1 aliphatic carbocycles. The van der Waals surface area contributed by atoms with Crippen molar-refractivity contribution in [1.29, 1.82) is 0 Å². The van der Waals surface area contributed by atoms with E-state index in [0.717, 1.165) is 62.4 Å². The van der Waals surface area contributed by atoms with Crippen molar-refractivity contribution in [3.8, 4) is 0 Å². The maximum Gasteiger partial charge on any atom is 0.282 e. The van der Waals surface area contributed by atoms with Crippen LogP contribution in [0.25, 0.3) is 5.57 Å². The van der Waals surface area contributed by atoms with Crippen LogP contribution in [-0.4, -0.2) is 61.9 Å². The fourth-order valence-electron chi connectivity index (χ4n) is 3.87. The van der Waals surface area contributed by atoms with Crippen molar-refractivity contribution in [2.24, 2.45) is 0 Å². The van der Waals surface area contributed by atoms with Crippen LogP contribution in [0.15, 0.2) is 18.2 Å². The van der Waals surface area contributed by atoms with Crippen molar-refractivity contribution in [2.75, 3.05) is 40.1 Å². The number of rotatable bonds is 4. The molecule has 158 valence electrons. The molecule has 0 radical (unpaired) electrons. The number of nitro groups is 1. The fourth-order valence-corrected chi connectivity index (χ4v) is 3.87. The largest absolute Gasteiger partial charge is 0.378 e. The van der Waals surface area contributed by atoms with Crippen LogP contribution < -0.4 is 0 Å². The van der Waals surface area contributed by atoms with Gasteiger partial charge in [-0.2, -0.15) is 0 Å². The number of allylic oxidation sites excluding steroid dienone is 1. The molecule has 0 spiro atoms. The molecule has 4 rings (SSSR count). The first-order chi connectivity index (χ1) is 14.0. The zero-order valence-electron chi connectivity index (χ0n) is 17.0. The SMILES string of the molecule is C1COCCO1.CCOC1CC=C(c2ccc([N+](=O)[O-])c3c2CN(C)C3=O)CC1. The van der Waals surface area contributed by atoms with Gasteiger partial charge in [0.15, 0.2) is 0 Å². The van der Waals surface area contributed by atoms with E-state index in [0.29, 0.717) is 13.2 Å². The highest BCUT2D eigenvalue weighted by Crippen LogP contribution is 2.38. The molecular weight excluding hydrogens is 376 g/mol. The molecule has 1 unspecified atom stereocenters. The third-order valence-electron chi connectivity index (χ3n) is 5.30. The van der Waals surface area contributed by atoms with Gasteiger partial charge < -0.3 is 19.1 Å². The Kier molecular flexibility index (Phi) is 7.35. The summed E-state index contributed by atoms with van der Waals surface area (Å²) >= 11 is 0. The second kappa shape index (κ2) is 9.96. The molecule has 1 saturated heterocycles. The minimum atomic E-state index is -0.472. The molecule has 1 amide bonds. The Labute approximate surface area is 170 Å². The van der Waals surface area contributed by atoms with Crippen LogP contribution in [0.1, 0.15) is 47.7 Å². The molecule has 0 N–H and O–H groups in total. The van der Waals surface area contributed by atoms with Crippen LogP contribution >= 0.6 is 0 Å². The third-order valence-corrected chi connectivity index (χ3v) is 5.30. The summed E-state index contributed by atoms with van der Waals surface area (Å²) in [5.74, 6) is -0.267. The predicted molar refractivity (Wildman–Crippen MR) is 108 cm³/mol. The van der Waals surface area contributed by atoms with Crippen molar-refractivity contribution < 1.29 is 23.9 Å². The number of nitro benzene ring substituents is 1. The molecular formula is C21H28N2O6. The van der Waals surface area contributed by atoms with Crippen LogP contribution in [-0.2, 0) is 20.8 Å². The number of amides is 1. The number of ether oxygens (including phenoxy) is 3. The summed E-state index contributed by atoms with van der Waals surface area (Å²) in [4.78, 5) is 24.6. The van der Waals surface area contributed by atoms with Gasteiger partial charge in [0, 0.05) is 26.3 Å². The van der Waals surface area contributed by atoms with Gasteiger partial charge in [0.1, 0.15) is 5.56 Å². The summed E-state index contributed by atoms with van der Waals surface area (Å²) < 4.78 is 15.5. The standard InChI is InChI=1S/C17H20N2O4.C4H8O2/c1-3-23-12-6-4-11(5-7-12)13-8-9-15(19(21)22)16-14(13)10-18(2)17(16)20;1-2-6-4-3-5-1/h4,8-9,12H,3,5-7,10H2,1-2H3;1-4H2. The molecule has 3 aliphatic rings. The maximum atomic E-state index is 12.3. The van der Waals surface area contributed by atoms with Crippen LogP contribution in [0.3, 0.4) is 0 Å². The summed E-state index contributed by atoms with van der Waals surface area (Å²) in [5, 5.41) is 11.2. The summed E-state index contributed by atoms with van der Waals surface area (Å²) in [6, 6.07) is 3.25. The second-order valence-electron chi connectivity index (χ2n) is 7.21. The molecule has 2 aliphatic heterocycles. The van der Waals surface area contributed by atoms with Gasteiger partial charge in [0.25, 0.3) is 11.6 Å². The first-order valence-electron chi connectivity index (χ1n) is 10.0. The maximum absolute atomic E-state index is 12.3. The summed E-state index contributed by atoms with van der Waals surface area (Å²) in [5.41, 5.74) is 3.07. The van der Waals surface area contributed by atoms with E-state index in [-0.39, 0.29) is 23.3 Å². The first kappa shape index (κ1) is 21.4. The zero-order chi connectivity index (χ0) is 20.8. The first-order valence-corrected chi connectivity index (χ1v) is 10.0. The molecule has 0 bridgehead atoms. The average molecular weight is 404 g/mol. The monoisotopic (exact) mass is 404 g/mol. The topological polar surface area (TPSA) is 91.1 Å². The van der Waals surface area contributed by atoms with Crippen LogP contribution in [0.2, 0.25) is 0 Å². The summed E-state index contributed by atoms with van der Waals surface area (Å²) in [6.45, 7) is 6.24. The van der Waals surface area contributed by atoms with E-state index < -0.39 is 4.92 Å². The molecule has 8 heteroatoms. The number of carbonyl (C=O) groups excluding carboxylic acids is 1. The Hall–Kier alpha value is -2.29. The molecule has 1 atom stereocenters. The van der Waals surface area contributed by atoms with Gasteiger partial charge in [-0.05, 0) is 49.0 Å². The van der Waals surface area contributed by atoms with Crippen molar-refractivity contribution in [3.63, 3.8) is 0 Å². The van der Waals surface area contributed by atoms with Crippen molar-refractivity contribution in [3.05, 3.63) is 45.0 Å². The van der Waals surface area contributed by atoms with Gasteiger partial charge >= 0.3 is 0 Å². The molecule has 1 aromatic carbocycles. The van der Waals surface area contributed by atoms with E-state index >= 15 is 0 Å². The van der Waals surface area contributed by atoms with Gasteiger partial charge in [-0.15, -0.1) is 0 Å².